The summed E-state index contributed by atoms with van der Waals surface area (Å²) in [7, 11) is 1.62. The minimum absolute atomic E-state index is 0.0134. The summed E-state index contributed by atoms with van der Waals surface area (Å²) >= 11 is 1.26. The molecule has 112 valence electrons. The van der Waals surface area contributed by atoms with Gasteiger partial charge >= 0.3 is 5.69 Å². The standard InChI is InChI=1S/C14H17N3O3S/c1-20-9-5-8-17-13(19)15-16-14(17)21-10-12(18)11-6-3-2-4-7-11/h2-4,6-7H,5,8-10H2,1H3,(H,15,19). The van der Waals surface area contributed by atoms with Gasteiger partial charge in [-0.3, -0.25) is 9.36 Å². The van der Waals surface area contributed by atoms with Crippen LogP contribution in [0.2, 0.25) is 0 Å². The van der Waals surface area contributed by atoms with E-state index in [-0.39, 0.29) is 17.2 Å². The first-order valence-electron chi connectivity index (χ1n) is 6.57. The van der Waals surface area contributed by atoms with Crippen molar-refractivity contribution < 1.29 is 9.53 Å². The van der Waals surface area contributed by atoms with Crippen LogP contribution < -0.4 is 5.69 Å². The third-order valence-electron chi connectivity index (χ3n) is 2.88. The van der Waals surface area contributed by atoms with Crippen LogP contribution in [-0.4, -0.2) is 40.0 Å². The number of ether oxygens (including phenoxy) is 1. The molecule has 0 radical (unpaired) electrons. The van der Waals surface area contributed by atoms with E-state index in [4.69, 9.17) is 4.74 Å². The van der Waals surface area contributed by atoms with Crippen LogP contribution in [0.25, 0.3) is 0 Å². The number of carbonyl (C=O) groups is 1. The fourth-order valence-corrected chi connectivity index (χ4v) is 2.68. The average Bonchev–Trinajstić information content (AvgIpc) is 2.87. The molecule has 2 rings (SSSR count). The largest absolute Gasteiger partial charge is 0.385 e. The Labute approximate surface area is 126 Å². The first-order valence-corrected chi connectivity index (χ1v) is 7.56. The lowest BCUT2D eigenvalue weighted by Crippen LogP contribution is -2.18. The summed E-state index contributed by atoms with van der Waals surface area (Å²) in [6.45, 7) is 1.09. The third-order valence-corrected chi connectivity index (χ3v) is 3.86. The lowest BCUT2D eigenvalue weighted by molar-refractivity contribution is 0.102. The number of nitrogens with one attached hydrogen (secondary N) is 1. The van der Waals surface area contributed by atoms with Gasteiger partial charge in [0.1, 0.15) is 0 Å². The molecule has 0 amide bonds. The summed E-state index contributed by atoms with van der Waals surface area (Å²) in [6.07, 6.45) is 0.718. The molecule has 2 aromatic rings. The molecule has 21 heavy (non-hydrogen) atoms. The van der Waals surface area contributed by atoms with Gasteiger partial charge in [0.15, 0.2) is 10.9 Å². The molecule has 7 heteroatoms. The van der Waals surface area contributed by atoms with E-state index in [9.17, 15) is 9.59 Å². The molecule has 1 aromatic carbocycles. The molecule has 0 spiro atoms. The van der Waals surface area contributed by atoms with Crippen molar-refractivity contribution in [3.63, 3.8) is 0 Å². The summed E-state index contributed by atoms with van der Waals surface area (Å²) in [5.41, 5.74) is 0.398. The Balaban J connectivity index is 1.97. The van der Waals surface area contributed by atoms with Crippen LogP contribution in [0.5, 0.6) is 0 Å². The summed E-state index contributed by atoms with van der Waals surface area (Å²) in [6, 6.07) is 9.07. The highest BCUT2D eigenvalue weighted by Crippen LogP contribution is 2.15. The van der Waals surface area contributed by atoms with Crippen molar-refractivity contribution in [2.24, 2.45) is 0 Å². The maximum atomic E-state index is 12.0. The highest BCUT2D eigenvalue weighted by Gasteiger charge is 2.12. The van der Waals surface area contributed by atoms with E-state index in [1.807, 2.05) is 18.2 Å². The fourth-order valence-electron chi connectivity index (χ4n) is 1.82. The Bertz CT molecular complexity index is 636. The Hall–Kier alpha value is -1.86. The molecule has 0 saturated carbocycles. The third kappa shape index (κ3) is 4.30. The van der Waals surface area contributed by atoms with Crippen LogP contribution in [0.3, 0.4) is 0 Å². The number of H-pyrrole nitrogens is 1. The van der Waals surface area contributed by atoms with E-state index in [0.29, 0.717) is 23.9 Å². The topological polar surface area (TPSA) is 77.0 Å². The van der Waals surface area contributed by atoms with Crippen molar-refractivity contribution >= 4 is 17.5 Å². The van der Waals surface area contributed by atoms with Gasteiger partial charge in [-0.25, -0.2) is 9.89 Å². The van der Waals surface area contributed by atoms with Crippen molar-refractivity contribution in [2.75, 3.05) is 19.5 Å². The number of ketones is 1. The molecule has 1 heterocycles. The summed E-state index contributed by atoms with van der Waals surface area (Å²) in [4.78, 5) is 23.7. The molecule has 1 N–H and O–H groups in total. The Morgan fingerprint density at radius 1 is 1.38 bits per heavy atom. The van der Waals surface area contributed by atoms with Gasteiger partial charge in [-0.1, -0.05) is 42.1 Å². The Morgan fingerprint density at radius 3 is 2.86 bits per heavy atom. The molecule has 0 aliphatic carbocycles. The van der Waals surface area contributed by atoms with Crippen LogP contribution in [-0.2, 0) is 11.3 Å². The van der Waals surface area contributed by atoms with E-state index in [1.54, 1.807) is 19.2 Å². The van der Waals surface area contributed by atoms with Crippen LogP contribution >= 0.6 is 11.8 Å². The van der Waals surface area contributed by atoms with Gasteiger partial charge in [-0.2, -0.15) is 0 Å². The summed E-state index contributed by atoms with van der Waals surface area (Å²) in [5, 5.41) is 6.90. The van der Waals surface area contributed by atoms with Gasteiger partial charge in [0.05, 0.1) is 5.75 Å². The van der Waals surface area contributed by atoms with Gasteiger partial charge in [-0.15, -0.1) is 5.10 Å². The summed E-state index contributed by atoms with van der Waals surface area (Å²) < 4.78 is 6.50. The predicted octanol–water partition coefficient (Wildman–Crippen LogP) is 1.58. The molecule has 6 nitrogen and oxygen atoms in total. The number of aromatic nitrogens is 3. The van der Waals surface area contributed by atoms with Crippen molar-refractivity contribution in [2.45, 2.75) is 18.1 Å². The van der Waals surface area contributed by atoms with E-state index >= 15 is 0 Å². The molecular formula is C14H17N3O3S. The number of aromatic amines is 1. The number of hydrogen-bond acceptors (Lipinski definition) is 5. The molecule has 1 aromatic heterocycles. The zero-order chi connectivity index (χ0) is 15.1. The van der Waals surface area contributed by atoms with Gasteiger partial charge in [0.2, 0.25) is 0 Å². The van der Waals surface area contributed by atoms with Crippen molar-refractivity contribution in [3.8, 4) is 0 Å². The van der Waals surface area contributed by atoms with Crippen molar-refractivity contribution in [3.05, 3.63) is 46.4 Å². The van der Waals surface area contributed by atoms with Crippen molar-refractivity contribution in [1.29, 1.82) is 0 Å². The van der Waals surface area contributed by atoms with Crippen molar-refractivity contribution in [1.82, 2.24) is 14.8 Å². The molecule has 0 fully saturated rings. The molecule has 0 atom stereocenters. The monoisotopic (exact) mass is 307 g/mol. The fraction of sp³-hybridized carbons (Fsp3) is 0.357. The van der Waals surface area contributed by atoms with Crippen LogP contribution in [0.15, 0.2) is 40.3 Å². The molecular weight excluding hydrogens is 290 g/mol. The smallest absolute Gasteiger partial charge is 0.343 e. The Kier molecular flexibility index (Phi) is 5.77. The number of rotatable bonds is 8. The second-order valence-corrected chi connectivity index (χ2v) is 5.33. The van der Waals surface area contributed by atoms with E-state index < -0.39 is 0 Å². The molecule has 0 saturated heterocycles. The van der Waals surface area contributed by atoms with Gasteiger partial charge < -0.3 is 4.74 Å². The highest BCUT2D eigenvalue weighted by molar-refractivity contribution is 7.99. The second-order valence-electron chi connectivity index (χ2n) is 4.39. The van der Waals surface area contributed by atoms with E-state index in [0.717, 1.165) is 6.42 Å². The number of thioether (sulfide) groups is 1. The first kappa shape index (κ1) is 15.5. The normalized spacial score (nSPS) is 10.7. The predicted molar refractivity (Wildman–Crippen MR) is 80.8 cm³/mol. The second kappa shape index (κ2) is 7.80. The minimum Gasteiger partial charge on any atom is -0.385 e. The highest BCUT2D eigenvalue weighted by atomic mass is 32.2. The quantitative estimate of drug-likeness (QED) is 0.455. The number of methoxy groups -OCH3 is 1. The number of carbonyl (C=O) groups excluding carboxylic acids is 1. The Morgan fingerprint density at radius 2 is 2.14 bits per heavy atom. The first-order chi connectivity index (χ1) is 10.2. The van der Waals surface area contributed by atoms with E-state index in [2.05, 4.69) is 10.2 Å². The SMILES string of the molecule is COCCCn1c(SCC(=O)c2ccccc2)n[nH]c1=O. The number of nitrogens with zero attached hydrogens (tertiary/aromatic N) is 2. The average molecular weight is 307 g/mol. The number of hydrogen-bond donors (Lipinski definition) is 1. The molecule has 0 unspecified atom stereocenters. The van der Waals surface area contributed by atoms with Crippen LogP contribution in [0.1, 0.15) is 16.8 Å². The van der Waals surface area contributed by atoms with E-state index in [1.165, 1.54) is 16.3 Å². The zero-order valence-corrected chi connectivity index (χ0v) is 12.6. The maximum absolute atomic E-state index is 12.0. The van der Waals surface area contributed by atoms with Crippen LogP contribution in [0, 0.1) is 0 Å². The van der Waals surface area contributed by atoms with Gasteiger partial charge in [0.25, 0.3) is 0 Å². The molecule has 0 aliphatic rings. The molecule has 0 bridgehead atoms. The van der Waals surface area contributed by atoms with Gasteiger partial charge in [-0.05, 0) is 6.42 Å². The summed E-state index contributed by atoms with van der Waals surface area (Å²) in [5.74, 6) is 0.262. The van der Waals surface area contributed by atoms with Crippen LogP contribution in [0.4, 0.5) is 0 Å². The lowest BCUT2D eigenvalue weighted by atomic mass is 10.2. The zero-order valence-electron chi connectivity index (χ0n) is 11.7. The molecule has 0 aliphatic heterocycles. The number of Topliss-reactive ketones (excluding diaryl/α,β-unsaturated/α-hetero) is 1. The number of benzene rings is 1. The maximum Gasteiger partial charge on any atom is 0.343 e. The van der Waals surface area contributed by atoms with Gasteiger partial charge in [0, 0.05) is 25.8 Å². The lowest BCUT2D eigenvalue weighted by Gasteiger charge is -2.04. The minimum atomic E-state index is -0.263.